The van der Waals surface area contributed by atoms with Gasteiger partial charge in [0.15, 0.2) is 5.78 Å². The van der Waals surface area contributed by atoms with Gasteiger partial charge in [0.25, 0.3) is 0 Å². The van der Waals surface area contributed by atoms with Crippen LogP contribution in [0.15, 0.2) is 48.5 Å². The molecule has 138 valence electrons. The third kappa shape index (κ3) is 2.94. The van der Waals surface area contributed by atoms with Crippen LogP contribution in [0.1, 0.15) is 28.7 Å². The average molecular weight is 361 g/mol. The van der Waals surface area contributed by atoms with E-state index in [1.807, 2.05) is 38.1 Å². The van der Waals surface area contributed by atoms with Crippen molar-refractivity contribution in [3.8, 4) is 0 Å². The van der Waals surface area contributed by atoms with Gasteiger partial charge in [-0.1, -0.05) is 36.4 Å². The molecule has 1 N–H and O–H groups in total. The lowest BCUT2D eigenvalue weighted by molar-refractivity contribution is 0.101. The summed E-state index contributed by atoms with van der Waals surface area (Å²) in [6, 6.07) is 16.5. The summed E-state index contributed by atoms with van der Waals surface area (Å²) in [6.45, 7) is 6.07. The molecule has 0 bridgehead atoms. The molecule has 2 aromatic carbocycles. The Kier molecular flexibility index (Phi) is 4.32. The summed E-state index contributed by atoms with van der Waals surface area (Å²) in [6.07, 6.45) is -0.623. The molecule has 0 aliphatic rings. The van der Waals surface area contributed by atoms with Crippen LogP contribution in [0.4, 0.5) is 0 Å². The Morgan fingerprint density at radius 2 is 1.56 bits per heavy atom. The van der Waals surface area contributed by atoms with Gasteiger partial charge in [0.05, 0.1) is 30.5 Å². The van der Waals surface area contributed by atoms with Crippen LogP contribution in [-0.2, 0) is 13.1 Å². The monoisotopic (exact) mass is 361 g/mol. The van der Waals surface area contributed by atoms with Crippen LogP contribution in [0.25, 0.3) is 21.8 Å². The number of aliphatic hydroxyl groups excluding tert-OH is 1. The summed E-state index contributed by atoms with van der Waals surface area (Å²) >= 11 is 0. The van der Waals surface area contributed by atoms with Gasteiger partial charge in [-0.05, 0) is 32.9 Å². The summed E-state index contributed by atoms with van der Waals surface area (Å²) in [5.41, 5.74) is 4.38. The van der Waals surface area contributed by atoms with E-state index in [1.54, 1.807) is 11.6 Å². The number of aromatic nitrogens is 3. The maximum Gasteiger partial charge on any atom is 0.163 e. The number of Topliss-reactive ketones (excluding diaryl/α,β-unsaturated/α-hetero) is 1. The van der Waals surface area contributed by atoms with E-state index in [9.17, 15) is 9.90 Å². The van der Waals surface area contributed by atoms with Crippen molar-refractivity contribution in [2.24, 2.45) is 0 Å². The summed E-state index contributed by atoms with van der Waals surface area (Å²) in [7, 11) is 0. The van der Waals surface area contributed by atoms with E-state index in [4.69, 9.17) is 0 Å². The van der Waals surface area contributed by atoms with Gasteiger partial charge in [-0.25, -0.2) is 0 Å². The topological polar surface area (TPSA) is 60.1 Å². The number of carbonyl (C=O) groups excluding carboxylic acids is 1. The quantitative estimate of drug-likeness (QED) is 0.549. The third-order valence-corrected chi connectivity index (χ3v) is 5.19. The molecule has 2 heterocycles. The first kappa shape index (κ1) is 17.5. The zero-order valence-electron chi connectivity index (χ0n) is 15.8. The Balaban J connectivity index is 1.68. The maximum absolute atomic E-state index is 11.8. The van der Waals surface area contributed by atoms with Gasteiger partial charge >= 0.3 is 0 Å². The molecule has 0 fully saturated rings. The van der Waals surface area contributed by atoms with Crippen molar-refractivity contribution in [1.29, 1.82) is 0 Å². The molecule has 0 unspecified atom stereocenters. The van der Waals surface area contributed by atoms with E-state index in [0.717, 1.165) is 16.7 Å². The standard InChI is InChI=1S/C22H23N3O2/c1-14-22(16(3)26)15(2)25(23-14)13-17(27)12-24-20-10-6-4-8-18(20)19-9-5-7-11-21(19)24/h4-11,17,27H,12-13H2,1-3H3/t17-/m1/s1. The van der Waals surface area contributed by atoms with Crippen LogP contribution in [0, 0.1) is 13.8 Å². The molecule has 0 aliphatic carbocycles. The Morgan fingerprint density at radius 1 is 1.00 bits per heavy atom. The zero-order chi connectivity index (χ0) is 19.1. The van der Waals surface area contributed by atoms with Gasteiger partial charge in [0.1, 0.15) is 0 Å². The smallest absolute Gasteiger partial charge is 0.163 e. The van der Waals surface area contributed by atoms with E-state index in [1.165, 1.54) is 10.8 Å². The van der Waals surface area contributed by atoms with Crippen molar-refractivity contribution in [1.82, 2.24) is 14.3 Å². The Hall–Kier alpha value is -2.92. The predicted molar refractivity (Wildman–Crippen MR) is 107 cm³/mol. The van der Waals surface area contributed by atoms with Crippen molar-refractivity contribution in [2.45, 2.75) is 40.0 Å². The normalized spacial score (nSPS) is 12.7. The molecule has 2 aromatic heterocycles. The fourth-order valence-electron chi connectivity index (χ4n) is 4.05. The molecule has 0 amide bonds. The number of hydrogen-bond acceptors (Lipinski definition) is 3. The first-order chi connectivity index (χ1) is 13.0. The van der Waals surface area contributed by atoms with E-state index in [0.29, 0.717) is 24.3 Å². The lowest BCUT2D eigenvalue weighted by Gasteiger charge is -2.15. The van der Waals surface area contributed by atoms with Gasteiger partial charge in [-0.2, -0.15) is 5.10 Å². The summed E-state index contributed by atoms with van der Waals surface area (Å²) in [5, 5.41) is 17.6. The Bertz CT molecular complexity index is 1100. The van der Waals surface area contributed by atoms with Crippen molar-refractivity contribution >= 4 is 27.6 Å². The summed E-state index contributed by atoms with van der Waals surface area (Å²) in [4.78, 5) is 11.8. The molecule has 4 aromatic rings. The van der Waals surface area contributed by atoms with Crippen LogP contribution in [-0.4, -0.2) is 31.3 Å². The lowest BCUT2D eigenvalue weighted by atomic mass is 10.1. The summed E-state index contributed by atoms with van der Waals surface area (Å²) < 4.78 is 3.90. The minimum atomic E-state index is -0.623. The third-order valence-electron chi connectivity index (χ3n) is 5.19. The average Bonchev–Trinajstić information content (AvgIpc) is 3.10. The first-order valence-electron chi connectivity index (χ1n) is 9.16. The highest BCUT2D eigenvalue weighted by Gasteiger charge is 2.18. The SMILES string of the molecule is CC(=O)c1c(C)nn(C[C@H](O)Cn2c3ccccc3c3ccccc32)c1C. The molecule has 5 nitrogen and oxygen atoms in total. The summed E-state index contributed by atoms with van der Waals surface area (Å²) in [5.74, 6) is 0.00753. The van der Waals surface area contributed by atoms with Crippen LogP contribution in [0.5, 0.6) is 0 Å². The van der Waals surface area contributed by atoms with E-state index >= 15 is 0 Å². The van der Waals surface area contributed by atoms with E-state index in [2.05, 4.69) is 33.9 Å². The van der Waals surface area contributed by atoms with Crippen molar-refractivity contribution < 1.29 is 9.90 Å². The fraction of sp³-hybridized carbons (Fsp3) is 0.273. The van der Waals surface area contributed by atoms with Gasteiger partial charge in [-0.3, -0.25) is 9.48 Å². The van der Waals surface area contributed by atoms with E-state index < -0.39 is 6.10 Å². The minimum absolute atomic E-state index is 0.00753. The lowest BCUT2D eigenvalue weighted by Crippen LogP contribution is -2.23. The molecule has 0 aliphatic heterocycles. The van der Waals surface area contributed by atoms with Crippen LogP contribution < -0.4 is 0 Å². The molecule has 1 atom stereocenters. The number of rotatable bonds is 5. The zero-order valence-corrected chi connectivity index (χ0v) is 15.8. The number of aliphatic hydroxyl groups is 1. The van der Waals surface area contributed by atoms with Crippen molar-refractivity contribution in [3.05, 3.63) is 65.5 Å². The highest BCUT2D eigenvalue weighted by atomic mass is 16.3. The fourth-order valence-corrected chi connectivity index (χ4v) is 4.05. The molecule has 27 heavy (non-hydrogen) atoms. The van der Waals surface area contributed by atoms with Gasteiger partial charge in [-0.15, -0.1) is 0 Å². The number of nitrogens with zero attached hydrogens (tertiary/aromatic N) is 3. The predicted octanol–water partition coefficient (Wildman–Crippen LogP) is 3.87. The van der Waals surface area contributed by atoms with Gasteiger partial charge in [0.2, 0.25) is 0 Å². The number of hydrogen-bond donors (Lipinski definition) is 1. The second-order valence-corrected chi connectivity index (χ2v) is 7.08. The molecule has 4 rings (SSSR count). The Morgan fingerprint density at radius 3 is 2.07 bits per heavy atom. The molecular formula is C22H23N3O2. The van der Waals surface area contributed by atoms with Gasteiger partial charge < -0.3 is 9.67 Å². The number of fused-ring (bicyclic) bond motifs is 3. The molecule has 0 saturated carbocycles. The number of aryl methyl sites for hydroxylation is 1. The maximum atomic E-state index is 11.8. The highest BCUT2D eigenvalue weighted by Crippen LogP contribution is 2.29. The van der Waals surface area contributed by atoms with E-state index in [-0.39, 0.29) is 5.78 Å². The molecule has 0 saturated heterocycles. The van der Waals surface area contributed by atoms with Crippen molar-refractivity contribution in [2.75, 3.05) is 0 Å². The first-order valence-corrected chi connectivity index (χ1v) is 9.16. The number of benzene rings is 2. The number of ketones is 1. The van der Waals surface area contributed by atoms with Crippen LogP contribution in [0.2, 0.25) is 0 Å². The van der Waals surface area contributed by atoms with Gasteiger partial charge in [0, 0.05) is 27.5 Å². The molecule has 5 heteroatoms. The second kappa shape index (κ2) is 6.67. The molecule has 0 spiro atoms. The largest absolute Gasteiger partial charge is 0.389 e. The number of para-hydroxylation sites is 2. The molecule has 0 radical (unpaired) electrons. The van der Waals surface area contributed by atoms with Crippen LogP contribution in [0.3, 0.4) is 0 Å². The number of carbonyl (C=O) groups is 1. The highest BCUT2D eigenvalue weighted by molar-refractivity contribution is 6.07. The Labute approximate surface area is 157 Å². The molecular weight excluding hydrogens is 338 g/mol. The van der Waals surface area contributed by atoms with Crippen molar-refractivity contribution in [3.63, 3.8) is 0 Å². The van der Waals surface area contributed by atoms with Crippen LogP contribution >= 0.6 is 0 Å². The second-order valence-electron chi connectivity index (χ2n) is 7.08. The minimum Gasteiger partial charge on any atom is -0.389 e.